The van der Waals surface area contributed by atoms with Crippen molar-refractivity contribution >= 4 is 6.96 Å². The first-order valence-electron chi connectivity index (χ1n) is 8.13. The Morgan fingerprint density at radius 3 is 1.48 bits per heavy atom. The Morgan fingerprint density at radius 1 is 0.652 bits per heavy atom. The fourth-order valence-electron chi connectivity index (χ4n) is 3.16. The Hall–Kier alpha value is -2.30. The number of benzene rings is 2. The lowest BCUT2D eigenvalue weighted by Gasteiger charge is -2.28. The smallest absolute Gasteiger partial charge is 0.609 e. The predicted octanol–water partition coefficient (Wildman–Crippen LogP) is 4.61. The molecule has 0 bridgehead atoms. The zero-order valence-electron chi connectivity index (χ0n) is 13.8. The van der Waals surface area contributed by atoms with Crippen molar-refractivity contribution in [2.24, 2.45) is 0 Å². The highest BCUT2D eigenvalue weighted by atomic mass is 16.9. The average molecular weight is 311 g/mol. The molecule has 0 unspecified atom stereocenters. The van der Waals surface area contributed by atoms with Gasteiger partial charge in [0.15, 0.2) is 0 Å². The Bertz CT molecular complexity index is 704. The topological polar surface area (TPSA) is 36.9 Å². The van der Waals surface area contributed by atoms with E-state index >= 15 is 0 Å². The van der Waals surface area contributed by atoms with Crippen LogP contribution in [-0.2, 0) is 0 Å². The van der Waals surface area contributed by atoms with Crippen LogP contribution in [0.2, 0.25) is 0 Å². The highest BCUT2D eigenvalue weighted by molar-refractivity contribution is 6.59. The maximum absolute atomic E-state index is 6.06. The Labute approximate surface area is 136 Å². The van der Waals surface area contributed by atoms with Gasteiger partial charge in [-0.2, -0.15) is 0 Å². The molecule has 2 aliphatic rings. The monoisotopic (exact) mass is 311 g/mol. The summed E-state index contributed by atoms with van der Waals surface area (Å²) in [6.45, 7) is 6.19. The molecule has 2 aromatic rings. The van der Waals surface area contributed by atoms with Crippen molar-refractivity contribution in [2.45, 2.75) is 39.5 Å². The van der Waals surface area contributed by atoms with Gasteiger partial charge in [-0.15, -0.1) is 0 Å². The van der Waals surface area contributed by atoms with Crippen LogP contribution in [0.5, 0.6) is 23.0 Å². The molecular formula is C18H20BO4-. The lowest BCUT2D eigenvalue weighted by molar-refractivity contribution is 0.223. The van der Waals surface area contributed by atoms with Gasteiger partial charge in [-0.3, -0.25) is 0 Å². The van der Waals surface area contributed by atoms with Gasteiger partial charge in [0.1, 0.15) is 23.0 Å². The summed E-state index contributed by atoms with van der Waals surface area (Å²) < 4.78 is 24.0. The van der Waals surface area contributed by atoms with E-state index in [0.29, 0.717) is 23.3 Å². The van der Waals surface area contributed by atoms with E-state index in [9.17, 15) is 0 Å². The van der Waals surface area contributed by atoms with Crippen LogP contribution in [0.4, 0.5) is 0 Å². The normalized spacial score (nSPS) is 16.6. The zero-order chi connectivity index (χ0) is 16.2. The van der Waals surface area contributed by atoms with Crippen LogP contribution in [0.25, 0.3) is 0 Å². The van der Waals surface area contributed by atoms with E-state index in [1.165, 1.54) is 0 Å². The molecule has 4 nitrogen and oxygen atoms in total. The first-order valence-corrected chi connectivity index (χ1v) is 8.13. The number of hydrogen-bond acceptors (Lipinski definition) is 4. The molecule has 0 amide bonds. The van der Waals surface area contributed by atoms with Gasteiger partial charge in [0.05, 0.1) is 0 Å². The molecule has 23 heavy (non-hydrogen) atoms. The minimum Gasteiger partial charge on any atom is -0.609 e. The van der Waals surface area contributed by atoms with Crippen molar-refractivity contribution in [2.75, 3.05) is 0 Å². The highest BCUT2D eigenvalue weighted by Gasteiger charge is 2.52. The molecule has 1 spiro atoms. The van der Waals surface area contributed by atoms with E-state index in [-0.39, 0.29) is 0 Å². The summed E-state index contributed by atoms with van der Waals surface area (Å²) in [6, 6.07) is 11.8. The summed E-state index contributed by atoms with van der Waals surface area (Å²) in [4.78, 5) is 0. The quantitative estimate of drug-likeness (QED) is 0.759. The molecule has 2 heterocycles. The molecule has 0 fully saturated rings. The largest absolute Gasteiger partial charge is 0.777 e. The minimum absolute atomic E-state index is 0.328. The van der Waals surface area contributed by atoms with E-state index in [4.69, 9.17) is 18.6 Å². The summed E-state index contributed by atoms with van der Waals surface area (Å²) in [5.41, 5.74) is 2.18. The Balaban J connectivity index is 1.71. The highest BCUT2D eigenvalue weighted by Crippen LogP contribution is 2.49. The molecule has 0 atom stereocenters. The molecular weight excluding hydrogens is 291 g/mol. The van der Waals surface area contributed by atoms with Gasteiger partial charge in [-0.25, -0.2) is 0 Å². The molecule has 2 aliphatic heterocycles. The fraction of sp³-hybridized carbons (Fsp3) is 0.333. The molecule has 0 N–H and O–H groups in total. The number of hydrogen-bond donors (Lipinski definition) is 0. The summed E-state index contributed by atoms with van der Waals surface area (Å²) in [7, 11) is 0. The second kappa shape index (κ2) is 4.85. The molecule has 0 saturated heterocycles. The van der Waals surface area contributed by atoms with Crippen LogP contribution in [0.3, 0.4) is 0 Å². The van der Waals surface area contributed by atoms with Crippen LogP contribution < -0.4 is 18.6 Å². The standard InChI is InChI=1S/C18H20BO4/c1-11(2)13-7-5-9-15-17(13)22-19(20-15)21-16-10-6-8-14(12(3)4)18(16)23-19/h5-12H,1-4H3/q-1. The second-order valence-corrected chi connectivity index (χ2v) is 6.71. The molecule has 120 valence electrons. The number of para-hydroxylation sites is 2. The predicted molar refractivity (Wildman–Crippen MR) is 89.3 cm³/mol. The minimum atomic E-state index is -2.30. The molecule has 0 radical (unpaired) electrons. The van der Waals surface area contributed by atoms with Crippen molar-refractivity contribution < 1.29 is 18.6 Å². The van der Waals surface area contributed by atoms with E-state index < -0.39 is 6.96 Å². The molecule has 2 aromatic carbocycles. The van der Waals surface area contributed by atoms with E-state index in [2.05, 4.69) is 27.7 Å². The summed E-state index contributed by atoms with van der Waals surface area (Å²) >= 11 is 0. The lowest BCUT2D eigenvalue weighted by atomic mass is 10.0. The Kier molecular flexibility index (Phi) is 3.02. The van der Waals surface area contributed by atoms with Gasteiger partial charge >= 0.3 is 6.96 Å². The van der Waals surface area contributed by atoms with Crippen molar-refractivity contribution in [1.29, 1.82) is 0 Å². The van der Waals surface area contributed by atoms with Gasteiger partial charge in [0.25, 0.3) is 0 Å². The Morgan fingerprint density at radius 2 is 1.09 bits per heavy atom. The van der Waals surface area contributed by atoms with Gasteiger partial charge in [0.2, 0.25) is 0 Å². The van der Waals surface area contributed by atoms with Crippen LogP contribution in [-0.4, -0.2) is 6.96 Å². The van der Waals surface area contributed by atoms with E-state index in [1.54, 1.807) is 0 Å². The summed E-state index contributed by atoms with van der Waals surface area (Å²) in [6.07, 6.45) is 0. The van der Waals surface area contributed by atoms with Gasteiger partial charge in [-0.05, 0) is 35.1 Å². The first-order chi connectivity index (χ1) is 11.0. The maximum Gasteiger partial charge on any atom is 0.777 e. The van der Waals surface area contributed by atoms with Crippen molar-refractivity contribution in [1.82, 2.24) is 0 Å². The van der Waals surface area contributed by atoms with Crippen molar-refractivity contribution in [3.8, 4) is 23.0 Å². The third-order valence-electron chi connectivity index (χ3n) is 4.33. The lowest BCUT2D eigenvalue weighted by Crippen LogP contribution is -2.54. The average Bonchev–Trinajstić information content (AvgIpc) is 3.04. The van der Waals surface area contributed by atoms with Crippen LogP contribution in [0.15, 0.2) is 36.4 Å². The summed E-state index contributed by atoms with van der Waals surface area (Å²) in [5, 5.41) is 0. The SMILES string of the molecule is CC(C)c1cccc2c1O[B-]1(O2)Oc2cccc(C(C)C)c2O1. The molecule has 0 saturated carbocycles. The third kappa shape index (κ3) is 2.14. The molecule has 5 heteroatoms. The van der Waals surface area contributed by atoms with Crippen molar-refractivity contribution in [3.05, 3.63) is 47.5 Å². The van der Waals surface area contributed by atoms with Crippen LogP contribution in [0.1, 0.15) is 50.7 Å². The third-order valence-corrected chi connectivity index (χ3v) is 4.33. The van der Waals surface area contributed by atoms with Crippen LogP contribution in [0, 0.1) is 0 Å². The van der Waals surface area contributed by atoms with Crippen molar-refractivity contribution in [3.63, 3.8) is 0 Å². The fourth-order valence-corrected chi connectivity index (χ4v) is 3.16. The molecule has 4 rings (SSSR count). The van der Waals surface area contributed by atoms with Crippen LogP contribution >= 0.6 is 0 Å². The molecule has 0 aliphatic carbocycles. The van der Waals surface area contributed by atoms with E-state index in [0.717, 1.165) is 22.6 Å². The zero-order valence-corrected chi connectivity index (χ0v) is 13.8. The first kappa shape index (κ1) is 14.3. The number of rotatable bonds is 2. The maximum atomic E-state index is 6.06. The van der Waals surface area contributed by atoms with Gasteiger partial charge in [0, 0.05) is 0 Å². The van der Waals surface area contributed by atoms with Gasteiger partial charge in [-0.1, -0.05) is 52.0 Å². The second-order valence-electron chi connectivity index (χ2n) is 6.71. The van der Waals surface area contributed by atoms with E-state index in [1.807, 2.05) is 36.4 Å². The summed E-state index contributed by atoms with van der Waals surface area (Å²) in [5.74, 6) is 3.46. The molecule has 0 aromatic heterocycles. The van der Waals surface area contributed by atoms with Gasteiger partial charge < -0.3 is 18.6 Å². The number of fused-ring (bicyclic) bond motifs is 2.